The van der Waals surface area contributed by atoms with Crippen LogP contribution < -0.4 is 10.1 Å². The topological polar surface area (TPSA) is 82.2 Å². The molecule has 2 aromatic carbocycles. The van der Waals surface area contributed by atoms with E-state index in [1.54, 1.807) is 13.4 Å². The molecule has 1 N–H and O–H groups in total. The van der Waals surface area contributed by atoms with Crippen molar-refractivity contribution in [1.82, 2.24) is 20.1 Å². The van der Waals surface area contributed by atoms with Crippen LogP contribution in [0, 0.1) is 0 Å². The molecular formula is C23H22N4O3S. The summed E-state index contributed by atoms with van der Waals surface area (Å²) in [5.41, 5.74) is 1.88. The Hall–Kier alpha value is -3.52. The fourth-order valence-electron chi connectivity index (χ4n) is 3.10. The minimum atomic E-state index is -0.0692. The molecule has 0 radical (unpaired) electrons. The fourth-order valence-corrected chi connectivity index (χ4v) is 3.87. The summed E-state index contributed by atoms with van der Waals surface area (Å²) in [5.74, 6) is 2.29. The molecule has 4 rings (SSSR count). The number of aromatic nitrogens is 3. The molecule has 0 unspecified atom stereocenters. The summed E-state index contributed by atoms with van der Waals surface area (Å²) in [6.07, 6.45) is 1.63. The van der Waals surface area contributed by atoms with Crippen LogP contribution >= 0.6 is 11.8 Å². The van der Waals surface area contributed by atoms with Gasteiger partial charge in [-0.1, -0.05) is 54.2 Å². The van der Waals surface area contributed by atoms with Crippen LogP contribution in [0.3, 0.4) is 0 Å². The van der Waals surface area contributed by atoms with Gasteiger partial charge in [-0.15, -0.1) is 10.2 Å². The van der Waals surface area contributed by atoms with Crippen molar-refractivity contribution in [3.63, 3.8) is 0 Å². The molecule has 4 aromatic rings. The summed E-state index contributed by atoms with van der Waals surface area (Å²) < 4.78 is 13.0. The molecular weight excluding hydrogens is 412 g/mol. The Morgan fingerprint density at radius 3 is 2.65 bits per heavy atom. The van der Waals surface area contributed by atoms with Gasteiger partial charge in [-0.3, -0.25) is 9.36 Å². The third-order valence-corrected chi connectivity index (χ3v) is 5.59. The second kappa shape index (κ2) is 9.99. The molecule has 31 heavy (non-hydrogen) atoms. The first-order valence-electron chi connectivity index (χ1n) is 9.77. The van der Waals surface area contributed by atoms with Gasteiger partial charge in [0.15, 0.2) is 11.0 Å². The lowest BCUT2D eigenvalue weighted by atomic mass is 10.2. The van der Waals surface area contributed by atoms with Gasteiger partial charge in [0.25, 0.3) is 0 Å². The summed E-state index contributed by atoms with van der Waals surface area (Å²) in [4.78, 5) is 12.4. The van der Waals surface area contributed by atoms with Gasteiger partial charge in [0.1, 0.15) is 11.5 Å². The van der Waals surface area contributed by atoms with Crippen LogP contribution in [0.15, 0.2) is 82.6 Å². The molecule has 2 aromatic heterocycles. The Balaban J connectivity index is 1.51. The van der Waals surface area contributed by atoms with E-state index in [1.807, 2.05) is 71.3 Å². The molecule has 7 nitrogen and oxygen atoms in total. The third-order valence-electron chi connectivity index (χ3n) is 4.62. The van der Waals surface area contributed by atoms with Gasteiger partial charge >= 0.3 is 0 Å². The van der Waals surface area contributed by atoms with Crippen LogP contribution in [0.2, 0.25) is 0 Å². The van der Waals surface area contributed by atoms with E-state index in [0.29, 0.717) is 29.8 Å². The average molecular weight is 435 g/mol. The molecule has 0 aliphatic heterocycles. The van der Waals surface area contributed by atoms with E-state index in [0.717, 1.165) is 16.9 Å². The summed E-state index contributed by atoms with van der Waals surface area (Å²) in [6, 6.07) is 21.2. The molecule has 8 heteroatoms. The number of nitrogens with one attached hydrogen (secondary N) is 1. The van der Waals surface area contributed by atoms with Crippen molar-refractivity contribution in [1.29, 1.82) is 0 Å². The van der Waals surface area contributed by atoms with E-state index < -0.39 is 0 Å². The van der Waals surface area contributed by atoms with E-state index >= 15 is 0 Å². The van der Waals surface area contributed by atoms with Crippen LogP contribution in [0.1, 0.15) is 11.3 Å². The van der Waals surface area contributed by atoms with Crippen LogP contribution in [-0.2, 0) is 17.9 Å². The second-order valence-corrected chi connectivity index (χ2v) is 7.67. The highest BCUT2D eigenvalue weighted by atomic mass is 32.2. The molecule has 0 saturated heterocycles. The zero-order valence-corrected chi connectivity index (χ0v) is 17.8. The summed E-state index contributed by atoms with van der Waals surface area (Å²) in [7, 11) is 1.62. The zero-order chi connectivity index (χ0) is 21.5. The molecule has 0 bridgehead atoms. The quantitative estimate of drug-likeness (QED) is 0.401. The van der Waals surface area contributed by atoms with Gasteiger partial charge in [0, 0.05) is 6.54 Å². The lowest BCUT2D eigenvalue weighted by molar-refractivity contribution is -0.118. The van der Waals surface area contributed by atoms with Crippen LogP contribution in [0.25, 0.3) is 11.4 Å². The first-order chi connectivity index (χ1) is 15.2. The summed E-state index contributed by atoms with van der Waals surface area (Å²) >= 11 is 1.34. The maximum Gasteiger partial charge on any atom is 0.230 e. The molecule has 158 valence electrons. The number of ether oxygens (including phenoxy) is 1. The number of methoxy groups -OCH3 is 1. The van der Waals surface area contributed by atoms with Gasteiger partial charge in [-0.2, -0.15) is 0 Å². The maximum atomic E-state index is 12.4. The van der Waals surface area contributed by atoms with Crippen molar-refractivity contribution in [2.24, 2.45) is 0 Å². The molecule has 0 atom stereocenters. The Kier molecular flexibility index (Phi) is 6.68. The van der Waals surface area contributed by atoms with Crippen molar-refractivity contribution < 1.29 is 13.9 Å². The minimum Gasteiger partial charge on any atom is -0.496 e. The number of para-hydroxylation sites is 1. The van der Waals surface area contributed by atoms with E-state index in [1.165, 1.54) is 11.8 Å². The highest BCUT2D eigenvalue weighted by molar-refractivity contribution is 7.99. The summed E-state index contributed by atoms with van der Waals surface area (Å²) in [6.45, 7) is 0.938. The highest BCUT2D eigenvalue weighted by Crippen LogP contribution is 2.31. The maximum absolute atomic E-state index is 12.4. The Labute approximate surface area is 184 Å². The highest BCUT2D eigenvalue weighted by Gasteiger charge is 2.19. The number of benzene rings is 2. The van der Waals surface area contributed by atoms with Crippen LogP contribution in [0.4, 0.5) is 0 Å². The number of hydrogen-bond acceptors (Lipinski definition) is 6. The largest absolute Gasteiger partial charge is 0.496 e. The lowest BCUT2D eigenvalue weighted by Gasteiger charge is -2.11. The zero-order valence-electron chi connectivity index (χ0n) is 17.0. The van der Waals surface area contributed by atoms with Crippen LogP contribution in [0.5, 0.6) is 5.75 Å². The predicted octanol–water partition coefficient (Wildman–Crippen LogP) is 4.00. The minimum absolute atomic E-state index is 0.0692. The van der Waals surface area contributed by atoms with Crippen molar-refractivity contribution in [3.05, 3.63) is 84.3 Å². The van der Waals surface area contributed by atoms with E-state index in [4.69, 9.17) is 9.15 Å². The molecule has 0 fully saturated rings. The average Bonchev–Trinajstić information content (AvgIpc) is 3.47. The monoisotopic (exact) mass is 434 g/mol. The number of amides is 1. The smallest absolute Gasteiger partial charge is 0.230 e. The molecule has 1 amide bonds. The number of hydrogen-bond donors (Lipinski definition) is 1. The number of thioether (sulfide) groups is 1. The number of furan rings is 1. The molecule has 2 heterocycles. The Morgan fingerprint density at radius 2 is 1.87 bits per heavy atom. The standard InChI is InChI=1S/C23H22N4O3S/c1-29-20-12-6-5-11-19(20)22-25-26-23(27(22)15-18-10-7-13-30-18)31-16-21(28)24-14-17-8-3-2-4-9-17/h2-13H,14-16H2,1H3,(H,24,28). The lowest BCUT2D eigenvalue weighted by Crippen LogP contribution is -2.24. The second-order valence-electron chi connectivity index (χ2n) is 6.72. The van der Waals surface area contributed by atoms with Crippen LogP contribution in [-0.4, -0.2) is 33.5 Å². The number of carbonyl (C=O) groups is 1. The third kappa shape index (κ3) is 5.16. The van der Waals surface area contributed by atoms with Crippen molar-refractivity contribution in [2.45, 2.75) is 18.2 Å². The van der Waals surface area contributed by atoms with Gasteiger partial charge in [0.2, 0.25) is 5.91 Å². The first-order valence-corrected chi connectivity index (χ1v) is 10.8. The van der Waals surface area contributed by atoms with Gasteiger partial charge in [-0.05, 0) is 29.8 Å². The van der Waals surface area contributed by atoms with E-state index in [-0.39, 0.29) is 11.7 Å². The molecule has 0 spiro atoms. The Bertz CT molecular complexity index is 1130. The fraction of sp³-hybridized carbons (Fsp3) is 0.174. The normalized spacial score (nSPS) is 10.7. The number of nitrogens with zero attached hydrogens (tertiary/aromatic N) is 3. The van der Waals surface area contributed by atoms with Crippen molar-refractivity contribution >= 4 is 17.7 Å². The van der Waals surface area contributed by atoms with Crippen molar-refractivity contribution in [3.8, 4) is 17.1 Å². The molecule has 0 aliphatic carbocycles. The Morgan fingerprint density at radius 1 is 1.06 bits per heavy atom. The summed E-state index contributed by atoms with van der Waals surface area (Å²) in [5, 5.41) is 12.3. The van der Waals surface area contributed by atoms with Crippen molar-refractivity contribution in [2.75, 3.05) is 12.9 Å². The molecule has 0 saturated carbocycles. The SMILES string of the molecule is COc1ccccc1-c1nnc(SCC(=O)NCc2ccccc2)n1Cc1ccco1. The van der Waals surface area contributed by atoms with E-state index in [9.17, 15) is 4.79 Å². The van der Waals surface area contributed by atoms with Gasteiger partial charge in [-0.25, -0.2) is 0 Å². The predicted molar refractivity (Wildman–Crippen MR) is 119 cm³/mol. The number of carbonyl (C=O) groups excluding carboxylic acids is 1. The van der Waals surface area contributed by atoms with E-state index in [2.05, 4.69) is 15.5 Å². The van der Waals surface area contributed by atoms with Gasteiger partial charge in [0.05, 0.1) is 31.2 Å². The van der Waals surface area contributed by atoms with Gasteiger partial charge < -0.3 is 14.5 Å². The molecule has 0 aliphatic rings. The number of rotatable bonds is 9. The first kappa shape index (κ1) is 20.7.